The Morgan fingerprint density at radius 3 is 2.00 bits per heavy atom. The van der Waals surface area contributed by atoms with E-state index in [0.29, 0.717) is 9.41 Å². The van der Waals surface area contributed by atoms with E-state index in [9.17, 15) is 9.59 Å². The molecule has 0 atom stereocenters. The van der Waals surface area contributed by atoms with Gasteiger partial charge in [-0.3, -0.25) is 14.8 Å². The predicted molar refractivity (Wildman–Crippen MR) is 64.5 cm³/mol. The molecule has 0 aliphatic rings. The number of aromatic amines is 4. The van der Waals surface area contributed by atoms with E-state index >= 15 is 0 Å². The standard InChI is InChI=1S/2C4H4N2OS/c7-4-5-2-1-3(8)6-4;7-3-1-2-5-4(8)6-3/h2*1-2H,(H2,5,6,7,8). The predicted octanol–water partition coefficient (Wildman–Crippen LogP) is 0.865. The second kappa shape index (κ2) is 5.93. The molecule has 0 fully saturated rings. The molecule has 0 radical (unpaired) electrons. The van der Waals surface area contributed by atoms with Gasteiger partial charge in [-0.05, 0) is 18.3 Å². The van der Waals surface area contributed by atoms with Gasteiger partial charge in [-0.1, -0.05) is 12.2 Å². The van der Waals surface area contributed by atoms with Crippen LogP contribution in [0.3, 0.4) is 0 Å². The number of aromatic nitrogens is 4. The Morgan fingerprint density at radius 1 is 0.938 bits per heavy atom. The van der Waals surface area contributed by atoms with Crippen molar-refractivity contribution in [1.82, 2.24) is 19.9 Å². The van der Waals surface area contributed by atoms with Crippen LogP contribution in [0.5, 0.6) is 0 Å². The summed E-state index contributed by atoms with van der Waals surface area (Å²) in [5.41, 5.74) is -0.439. The molecule has 2 aromatic heterocycles. The number of rotatable bonds is 0. The van der Waals surface area contributed by atoms with Crippen molar-refractivity contribution >= 4 is 24.4 Å². The van der Waals surface area contributed by atoms with Gasteiger partial charge in [-0.2, -0.15) is 0 Å². The second-order valence-corrected chi connectivity index (χ2v) is 3.44. The first-order valence-corrected chi connectivity index (χ1v) is 4.95. The number of hydrogen-bond acceptors (Lipinski definition) is 4. The highest BCUT2D eigenvalue weighted by Crippen LogP contribution is 1.72. The van der Waals surface area contributed by atoms with Gasteiger partial charge in [0.25, 0.3) is 5.56 Å². The summed E-state index contributed by atoms with van der Waals surface area (Å²) in [7, 11) is 0. The third-order valence-electron chi connectivity index (χ3n) is 1.37. The maximum Gasteiger partial charge on any atom is 0.323 e. The maximum absolute atomic E-state index is 10.3. The molecule has 0 aliphatic heterocycles. The first-order valence-electron chi connectivity index (χ1n) is 4.14. The summed E-state index contributed by atoms with van der Waals surface area (Å²) in [4.78, 5) is 30.4. The molecule has 0 aromatic carbocycles. The zero-order valence-corrected chi connectivity index (χ0v) is 9.58. The summed E-state index contributed by atoms with van der Waals surface area (Å²) >= 11 is 9.21. The Hall–Kier alpha value is -1.80. The Balaban J connectivity index is 0.000000160. The second-order valence-electron chi connectivity index (χ2n) is 2.59. The van der Waals surface area contributed by atoms with Crippen molar-refractivity contribution in [1.29, 1.82) is 0 Å². The van der Waals surface area contributed by atoms with Gasteiger partial charge in [0.1, 0.15) is 4.64 Å². The molecule has 4 N–H and O–H groups in total. The molecule has 8 heteroatoms. The topological polar surface area (TPSA) is 97.3 Å². The van der Waals surface area contributed by atoms with Gasteiger partial charge in [0.05, 0.1) is 0 Å². The van der Waals surface area contributed by atoms with Crippen molar-refractivity contribution in [3.63, 3.8) is 0 Å². The van der Waals surface area contributed by atoms with E-state index in [4.69, 9.17) is 0 Å². The third kappa shape index (κ3) is 4.62. The molecule has 2 aromatic rings. The minimum absolute atomic E-state index is 0.172. The van der Waals surface area contributed by atoms with E-state index in [-0.39, 0.29) is 11.2 Å². The van der Waals surface area contributed by atoms with E-state index in [2.05, 4.69) is 44.4 Å². The highest BCUT2D eigenvalue weighted by Gasteiger charge is 1.75. The molecule has 0 spiro atoms. The van der Waals surface area contributed by atoms with Crippen molar-refractivity contribution in [2.45, 2.75) is 0 Å². The van der Waals surface area contributed by atoms with Gasteiger partial charge in [0, 0.05) is 18.5 Å². The van der Waals surface area contributed by atoms with Gasteiger partial charge in [-0.15, -0.1) is 0 Å². The van der Waals surface area contributed by atoms with Gasteiger partial charge < -0.3 is 9.97 Å². The van der Waals surface area contributed by atoms with E-state index in [1.165, 1.54) is 18.5 Å². The monoisotopic (exact) mass is 256 g/mol. The molecule has 16 heavy (non-hydrogen) atoms. The van der Waals surface area contributed by atoms with E-state index in [1.54, 1.807) is 6.07 Å². The zero-order valence-electron chi connectivity index (χ0n) is 7.94. The lowest BCUT2D eigenvalue weighted by Crippen LogP contribution is -2.07. The van der Waals surface area contributed by atoms with Crippen molar-refractivity contribution < 1.29 is 0 Å². The molecule has 0 amide bonds. The quantitative estimate of drug-likeness (QED) is 0.526. The van der Waals surface area contributed by atoms with Gasteiger partial charge in [0.2, 0.25) is 0 Å². The lowest BCUT2D eigenvalue weighted by molar-refractivity contribution is 1.06. The van der Waals surface area contributed by atoms with Crippen molar-refractivity contribution in [2.75, 3.05) is 0 Å². The lowest BCUT2D eigenvalue weighted by atomic mass is 10.7. The van der Waals surface area contributed by atoms with Crippen LogP contribution in [0.4, 0.5) is 0 Å². The average molecular weight is 256 g/mol. The largest absolute Gasteiger partial charge is 0.339 e. The van der Waals surface area contributed by atoms with Gasteiger partial charge in [0.15, 0.2) is 4.77 Å². The highest BCUT2D eigenvalue weighted by atomic mass is 32.1. The van der Waals surface area contributed by atoms with Crippen LogP contribution in [0.15, 0.2) is 34.1 Å². The SMILES string of the molecule is O=c1[nH]ccc(=S)[nH]1.O=c1cc[nH]c(=S)[nH]1. The Morgan fingerprint density at radius 2 is 1.62 bits per heavy atom. The Kier molecular flexibility index (Phi) is 4.55. The van der Waals surface area contributed by atoms with Crippen LogP contribution >= 0.6 is 24.4 Å². The molecule has 0 bridgehead atoms. The number of nitrogens with one attached hydrogen (secondary N) is 4. The Labute approximate surface area is 99.4 Å². The minimum Gasteiger partial charge on any atom is -0.339 e. The fourth-order valence-electron chi connectivity index (χ4n) is 0.765. The molecular formula is C8H8N4O2S2. The lowest BCUT2D eigenvalue weighted by Gasteiger charge is -1.78. The molecule has 2 heterocycles. The number of H-pyrrole nitrogens is 4. The summed E-state index contributed by atoms with van der Waals surface area (Å²) < 4.78 is 0.811. The molecule has 84 valence electrons. The number of hydrogen-bond donors (Lipinski definition) is 4. The van der Waals surface area contributed by atoms with E-state index < -0.39 is 0 Å². The molecular weight excluding hydrogens is 248 g/mol. The van der Waals surface area contributed by atoms with Crippen LogP contribution in [0.2, 0.25) is 0 Å². The third-order valence-corrected chi connectivity index (χ3v) is 1.83. The molecule has 2 rings (SSSR count). The summed E-state index contributed by atoms with van der Waals surface area (Å²) in [6, 6.07) is 2.98. The zero-order chi connectivity index (χ0) is 12.0. The van der Waals surface area contributed by atoms with Gasteiger partial charge in [-0.25, -0.2) is 4.79 Å². The van der Waals surface area contributed by atoms with Gasteiger partial charge >= 0.3 is 5.69 Å². The fourth-order valence-corrected chi connectivity index (χ4v) is 1.09. The molecule has 0 unspecified atom stereocenters. The molecule has 0 saturated carbocycles. The maximum atomic E-state index is 10.3. The Bertz CT molecular complexity index is 556. The molecule has 0 saturated heterocycles. The molecule has 0 aliphatic carbocycles. The highest BCUT2D eigenvalue weighted by molar-refractivity contribution is 7.71. The molecule has 6 nitrogen and oxygen atoms in total. The first-order chi connectivity index (χ1) is 7.58. The van der Waals surface area contributed by atoms with E-state index in [0.717, 1.165) is 0 Å². The summed E-state index contributed by atoms with van der Waals surface area (Å²) in [5, 5.41) is 0. The van der Waals surface area contributed by atoms with Crippen LogP contribution in [-0.4, -0.2) is 19.9 Å². The summed E-state index contributed by atoms with van der Waals surface area (Å²) in [6.45, 7) is 0. The van der Waals surface area contributed by atoms with Crippen molar-refractivity contribution in [3.8, 4) is 0 Å². The fraction of sp³-hybridized carbons (Fsp3) is 0. The average Bonchev–Trinajstić information content (AvgIpc) is 2.17. The summed E-state index contributed by atoms with van der Waals surface area (Å²) in [5.74, 6) is 0. The first kappa shape index (κ1) is 12.3. The normalized spacial score (nSPS) is 9.00. The van der Waals surface area contributed by atoms with Crippen LogP contribution in [0.25, 0.3) is 0 Å². The van der Waals surface area contributed by atoms with Crippen LogP contribution in [-0.2, 0) is 0 Å². The minimum atomic E-state index is -0.266. The smallest absolute Gasteiger partial charge is 0.323 e. The van der Waals surface area contributed by atoms with E-state index in [1.807, 2.05) is 0 Å². The summed E-state index contributed by atoms with van der Waals surface area (Å²) in [6.07, 6.45) is 3.00. The van der Waals surface area contributed by atoms with Crippen molar-refractivity contribution in [3.05, 3.63) is 54.8 Å². The van der Waals surface area contributed by atoms with Crippen LogP contribution in [0.1, 0.15) is 0 Å². The van der Waals surface area contributed by atoms with Crippen molar-refractivity contribution in [2.24, 2.45) is 0 Å². The van der Waals surface area contributed by atoms with Crippen LogP contribution in [0, 0.1) is 9.41 Å². The van der Waals surface area contributed by atoms with Crippen LogP contribution < -0.4 is 11.2 Å².